The van der Waals surface area contributed by atoms with Gasteiger partial charge in [-0.15, -0.1) is 0 Å². The summed E-state index contributed by atoms with van der Waals surface area (Å²) in [5.74, 6) is 0. The standard InChI is InChI=1S/C17H12S2/c1-11-6-7-14-15(8-11)19-17-10-13-5-3-2-4-12(13)9-16(17)18-14/h2-10H,1H3. The summed E-state index contributed by atoms with van der Waals surface area (Å²) in [6, 6.07) is 19.9. The second-order valence-corrected chi connectivity index (χ2v) is 6.97. The molecule has 0 fully saturated rings. The lowest BCUT2D eigenvalue weighted by Gasteiger charge is -2.19. The summed E-state index contributed by atoms with van der Waals surface area (Å²) in [5.41, 5.74) is 1.33. The average molecular weight is 280 g/mol. The van der Waals surface area contributed by atoms with E-state index >= 15 is 0 Å². The molecule has 0 amide bonds. The molecule has 3 aromatic rings. The Bertz CT molecular complexity index is 790. The maximum absolute atomic E-state index is 2.31. The minimum Gasteiger partial charge on any atom is -0.0877 e. The highest BCUT2D eigenvalue weighted by molar-refractivity contribution is 8.05. The predicted octanol–water partition coefficient (Wildman–Crippen LogP) is 5.76. The van der Waals surface area contributed by atoms with Crippen molar-refractivity contribution in [3.63, 3.8) is 0 Å². The van der Waals surface area contributed by atoms with Crippen LogP contribution in [-0.2, 0) is 0 Å². The minimum absolute atomic E-state index is 1.32. The van der Waals surface area contributed by atoms with E-state index in [4.69, 9.17) is 0 Å². The molecule has 19 heavy (non-hydrogen) atoms. The maximum atomic E-state index is 2.31. The summed E-state index contributed by atoms with van der Waals surface area (Å²) in [7, 11) is 0. The number of hydrogen-bond acceptors (Lipinski definition) is 2. The third-order valence-electron chi connectivity index (χ3n) is 3.35. The topological polar surface area (TPSA) is 0 Å². The van der Waals surface area contributed by atoms with E-state index in [2.05, 4.69) is 61.5 Å². The molecule has 0 radical (unpaired) electrons. The lowest BCUT2D eigenvalue weighted by atomic mass is 10.1. The first-order valence-electron chi connectivity index (χ1n) is 6.29. The number of benzene rings is 3. The fourth-order valence-electron chi connectivity index (χ4n) is 2.37. The maximum Gasteiger partial charge on any atom is 0.0268 e. The number of aryl methyl sites for hydroxylation is 1. The summed E-state index contributed by atoms with van der Waals surface area (Å²) in [4.78, 5) is 5.51. The fourth-order valence-corrected chi connectivity index (χ4v) is 4.75. The van der Waals surface area contributed by atoms with Crippen molar-refractivity contribution < 1.29 is 0 Å². The zero-order valence-corrected chi connectivity index (χ0v) is 12.1. The Morgan fingerprint density at radius 1 is 0.632 bits per heavy atom. The molecule has 0 bridgehead atoms. The van der Waals surface area contributed by atoms with Crippen LogP contribution in [0.1, 0.15) is 5.56 Å². The molecule has 0 spiro atoms. The summed E-state index contributed by atoms with van der Waals surface area (Å²) < 4.78 is 0. The minimum atomic E-state index is 1.32. The second-order valence-electron chi connectivity index (χ2n) is 4.80. The number of hydrogen-bond donors (Lipinski definition) is 0. The smallest absolute Gasteiger partial charge is 0.0268 e. The highest BCUT2D eigenvalue weighted by Crippen LogP contribution is 2.49. The van der Waals surface area contributed by atoms with Gasteiger partial charge in [0.15, 0.2) is 0 Å². The third kappa shape index (κ3) is 1.96. The quantitative estimate of drug-likeness (QED) is 0.401. The molecule has 1 heterocycles. The van der Waals surface area contributed by atoms with Crippen LogP contribution in [0.5, 0.6) is 0 Å². The van der Waals surface area contributed by atoms with E-state index in [9.17, 15) is 0 Å². The van der Waals surface area contributed by atoms with Crippen molar-refractivity contribution in [3.8, 4) is 0 Å². The molecule has 0 nitrogen and oxygen atoms in total. The molecule has 0 N–H and O–H groups in total. The van der Waals surface area contributed by atoms with Crippen LogP contribution in [0.15, 0.2) is 74.2 Å². The van der Waals surface area contributed by atoms with E-state index in [1.807, 2.05) is 23.5 Å². The zero-order valence-electron chi connectivity index (χ0n) is 10.5. The van der Waals surface area contributed by atoms with Gasteiger partial charge in [0, 0.05) is 19.6 Å². The first-order chi connectivity index (χ1) is 9.29. The van der Waals surface area contributed by atoms with Crippen molar-refractivity contribution >= 4 is 34.3 Å². The van der Waals surface area contributed by atoms with E-state index in [1.165, 1.54) is 35.9 Å². The van der Waals surface area contributed by atoms with E-state index in [1.54, 1.807) is 0 Å². The molecule has 0 saturated carbocycles. The van der Waals surface area contributed by atoms with Gasteiger partial charge in [-0.2, -0.15) is 0 Å². The van der Waals surface area contributed by atoms with Crippen molar-refractivity contribution in [2.24, 2.45) is 0 Å². The average Bonchev–Trinajstić information content (AvgIpc) is 2.43. The normalized spacial score (nSPS) is 13.1. The molecule has 1 aliphatic rings. The molecule has 4 rings (SSSR count). The predicted molar refractivity (Wildman–Crippen MR) is 83.4 cm³/mol. The van der Waals surface area contributed by atoms with Crippen LogP contribution in [0.3, 0.4) is 0 Å². The SMILES string of the molecule is Cc1ccc2c(c1)Sc1cc3ccccc3cc1S2. The third-order valence-corrected chi connectivity index (χ3v) is 5.86. The van der Waals surface area contributed by atoms with Gasteiger partial charge in [0.2, 0.25) is 0 Å². The molecule has 2 heteroatoms. The van der Waals surface area contributed by atoms with E-state index in [-0.39, 0.29) is 0 Å². The van der Waals surface area contributed by atoms with Crippen LogP contribution in [-0.4, -0.2) is 0 Å². The lowest BCUT2D eigenvalue weighted by Crippen LogP contribution is -1.90. The van der Waals surface area contributed by atoms with Gasteiger partial charge in [-0.25, -0.2) is 0 Å². The van der Waals surface area contributed by atoms with Crippen molar-refractivity contribution in [2.45, 2.75) is 26.5 Å². The van der Waals surface area contributed by atoms with Gasteiger partial charge >= 0.3 is 0 Å². The van der Waals surface area contributed by atoms with Crippen LogP contribution >= 0.6 is 23.5 Å². The van der Waals surface area contributed by atoms with Crippen molar-refractivity contribution in [3.05, 3.63) is 60.2 Å². The first-order valence-corrected chi connectivity index (χ1v) is 7.92. The van der Waals surface area contributed by atoms with Gasteiger partial charge in [-0.05, 0) is 47.5 Å². The van der Waals surface area contributed by atoms with Gasteiger partial charge in [-0.1, -0.05) is 53.9 Å². The Balaban J connectivity index is 1.90. The van der Waals surface area contributed by atoms with Crippen LogP contribution in [0.4, 0.5) is 0 Å². The highest BCUT2D eigenvalue weighted by atomic mass is 32.2. The van der Waals surface area contributed by atoms with Crippen molar-refractivity contribution in [1.29, 1.82) is 0 Å². The van der Waals surface area contributed by atoms with Gasteiger partial charge in [0.1, 0.15) is 0 Å². The van der Waals surface area contributed by atoms with E-state index < -0.39 is 0 Å². The largest absolute Gasteiger partial charge is 0.0877 e. The number of rotatable bonds is 0. The van der Waals surface area contributed by atoms with Crippen LogP contribution in [0.25, 0.3) is 10.8 Å². The molecule has 1 aliphatic heterocycles. The fraction of sp³-hybridized carbons (Fsp3) is 0.0588. The van der Waals surface area contributed by atoms with Crippen LogP contribution < -0.4 is 0 Å². The molecule has 0 saturated heterocycles. The zero-order chi connectivity index (χ0) is 12.8. The van der Waals surface area contributed by atoms with Crippen molar-refractivity contribution in [2.75, 3.05) is 0 Å². The Hall–Kier alpha value is -1.38. The Morgan fingerprint density at radius 2 is 1.21 bits per heavy atom. The van der Waals surface area contributed by atoms with Gasteiger partial charge in [0.05, 0.1) is 0 Å². The summed E-state index contributed by atoms with van der Waals surface area (Å²) in [6.45, 7) is 2.15. The van der Waals surface area contributed by atoms with Crippen LogP contribution in [0.2, 0.25) is 0 Å². The highest BCUT2D eigenvalue weighted by Gasteiger charge is 2.17. The molecular formula is C17H12S2. The second kappa shape index (κ2) is 4.32. The summed E-state index contributed by atoms with van der Waals surface area (Å²) in [6.07, 6.45) is 0. The summed E-state index contributed by atoms with van der Waals surface area (Å²) in [5, 5.41) is 2.65. The van der Waals surface area contributed by atoms with Crippen LogP contribution in [0, 0.1) is 6.92 Å². The Morgan fingerprint density at radius 3 is 1.89 bits per heavy atom. The number of fused-ring (bicyclic) bond motifs is 3. The van der Waals surface area contributed by atoms with Gasteiger partial charge in [-0.3, -0.25) is 0 Å². The summed E-state index contributed by atoms with van der Waals surface area (Å²) >= 11 is 3.78. The molecular weight excluding hydrogens is 268 g/mol. The molecule has 92 valence electrons. The monoisotopic (exact) mass is 280 g/mol. The lowest BCUT2D eigenvalue weighted by molar-refractivity contribution is 1.15. The van der Waals surface area contributed by atoms with Gasteiger partial charge in [0.25, 0.3) is 0 Å². The molecule has 0 aliphatic carbocycles. The van der Waals surface area contributed by atoms with Crippen molar-refractivity contribution in [1.82, 2.24) is 0 Å². The molecule has 0 atom stereocenters. The Labute approximate surface area is 121 Å². The molecule has 3 aromatic carbocycles. The molecule has 0 unspecified atom stereocenters. The molecule has 0 aromatic heterocycles. The first kappa shape index (κ1) is 11.4. The van der Waals surface area contributed by atoms with E-state index in [0.29, 0.717) is 0 Å². The van der Waals surface area contributed by atoms with Gasteiger partial charge < -0.3 is 0 Å². The Kier molecular flexibility index (Phi) is 2.61. The van der Waals surface area contributed by atoms with E-state index in [0.717, 1.165) is 0 Å².